The Morgan fingerprint density at radius 2 is 1.71 bits per heavy atom. The van der Waals surface area contributed by atoms with E-state index in [4.69, 9.17) is 16.3 Å². The van der Waals surface area contributed by atoms with Gasteiger partial charge >= 0.3 is 0 Å². The fourth-order valence-corrected chi connectivity index (χ4v) is 7.40. The number of methoxy groups -OCH3 is 1. The average molecular weight is 719 g/mol. The van der Waals surface area contributed by atoms with Crippen LogP contribution in [0, 0.1) is 0 Å². The number of nitrogens with one attached hydrogen (secondary N) is 1. The molecule has 2 amide bonds. The van der Waals surface area contributed by atoms with Gasteiger partial charge in [-0.1, -0.05) is 89.3 Å². The number of ether oxygens (including phenoxy) is 1. The maximum atomic E-state index is 14.1. The summed E-state index contributed by atoms with van der Waals surface area (Å²) in [5, 5.41) is 3.53. The van der Waals surface area contributed by atoms with Crippen molar-refractivity contribution in [2.75, 3.05) is 24.2 Å². The third kappa shape index (κ3) is 10.2. The fourth-order valence-electron chi connectivity index (χ4n) is 5.74. The molecule has 1 saturated carbocycles. The van der Waals surface area contributed by atoms with E-state index in [-0.39, 0.29) is 48.8 Å². The summed E-state index contributed by atoms with van der Waals surface area (Å²) in [6.45, 7) is 0.299. The van der Waals surface area contributed by atoms with Gasteiger partial charge < -0.3 is 15.0 Å². The number of benzene rings is 3. The first kappa shape index (κ1) is 34.8. The molecule has 0 saturated heterocycles. The maximum Gasteiger partial charge on any atom is 0.243 e. The van der Waals surface area contributed by atoms with Gasteiger partial charge in [-0.05, 0) is 60.7 Å². The molecule has 1 atom stereocenters. The molecule has 1 aliphatic carbocycles. The zero-order valence-electron chi connectivity index (χ0n) is 25.8. The first-order valence-electron chi connectivity index (χ1n) is 15.2. The lowest BCUT2D eigenvalue weighted by Crippen LogP contribution is -2.52. The van der Waals surface area contributed by atoms with Gasteiger partial charge in [-0.25, -0.2) is 8.42 Å². The number of sulfonamides is 1. The summed E-state index contributed by atoms with van der Waals surface area (Å²) in [6, 6.07) is 21.5. The van der Waals surface area contributed by atoms with Crippen LogP contribution < -0.4 is 14.4 Å². The predicted molar refractivity (Wildman–Crippen MR) is 183 cm³/mol. The van der Waals surface area contributed by atoms with Crippen molar-refractivity contribution in [2.45, 2.75) is 70.0 Å². The van der Waals surface area contributed by atoms with Crippen molar-refractivity contribution in [3.8, 4) is 5.75 Å². The van der Waals surface area contributed by atoms with E-state index in [0.29, 0.717) is 17.9 Å². The summed E-state index contributed by atoms with van der Waals surface area (Å²) >= 11 is 9.82. The third-order valence-electron chi connectivity index (χ3n) is 8.04. The zero-order valence-corrected chi connectivity index (χ0v) is 28.9. The molecular weight excluding hydrogens is 678 g/mol. The number of nitrogens with zero attached hydrogens (tertiary/aromatic N) is 2. The summed E-state index contributed by atoms with van der Waals surface area (Å²) in [5.74, 6) is 0.0406. The predicted octanol–water partition coefficient (Wildman–Crippen LogP) is 6.75. The second-order valence-electron chi connectivity index (χ2n) is 11.5. The molecule has 3 aromatic carbocycles. The molecule has 0 aromatic heterocycles. The highest BCUT2D eigenvalue weighted by molar-refractivity contribution is 9.10. The van der Waals surface area contributed by atoms with Crippen LogP contribution in [0.4, 0.5) is 5.69 Å². The van der Waals surface area contributed by atoms with Crippen molar-refractivity contribution in [3.05, 3.63) is 93.4 Å². The normalized spacial score (nSPS) is 14.4. The van der Waals surface area contributed by atoms with E-state index in [1.54, 1.807) is 17.0 Å². The number of halogens is 2. The van der Waals surface area contributed by atoms with E-state index in [1.165, 1.54) is 23.9 Å². The van der Waals surface area contributed by atoms with E-state index in [0.717, 1.165) is 47.5 Å². The van der Waals surface area contributed by atoms with Crippen molar-refractivity contribution in [1.29, 1.82) is 0 Å². The first-order valence-corrected chi connectivity index (χ1v) is 18.3. The number of anilines is 1. The monoisotopic (exact) mass is 717 g/mol. The molecule has 242 valence electrons. The number of hydrogen-bond acceptors (Lipinski definition) is 5. The highest BCUT2D eigenvalue weighted by atomic mass is 79.9. The smallest absolute Gasteiger partial charge is 0.243 e. The third-order valence-corrected chi connectivity index (χ3v) is 10.0. The van der Waals surface area contributed by atoms with Crippen LogP contribution in [0.25, 0.3) is 0 Å². The Morgan fingerprint density at radius 3 is 2.36 bits per heavy atom. The molecule has 0 unspecified atom stereocenters. The van der Waals surface area contributed by atoms with Gasteiger partial charge in [-0.3, -0.25) is 13.9 Å². The van der Waals surface area contributed by atoms with Crippen molar-refractivity contribution in [2.24, 2.45) is 0 Å². The van der Waals surface area contributed by atoms with Crippen LogP contribution in [0.3, 0.4) is 0 Å². The molecule has 1 aliphatic rings. The Balaban J connectivity index is 1.59. The minimum absolute atomic E-state index is 0.0475. The number of carbonyl (C=O) groups excluding carboxylic acids is 2. The zero-order chi connectivity index (χ0) is 32.4. The summed E-state index contributed by atoms with van der Waals surface area (Å²) in [5.41, 5.74) is 2.22. The lowest BCUT2D eigenvalue weighted by molar-refractivity contribution is -0.141. The van der Waals surface area contributed by atoms with Crippen LogP contribution in [0.2, 0.25) is 5.02 Å². The Kier molecular flexibility index (Phi) is 12.7. The van der Waals surface area contributed by atoms with Gasteiger partial charge in [0, 0.05) is 36.4 Å². The SMILES string of the molecule is COc1ccc(N(CCCC(=O)N(Cc2cccc(Br)c2)[C@H](Cc2ccccc2)C(=O)NC2CCCCC2)S(C)(=O)=O)cc1Cl. The summed E-state index contributed by atoms with van der Waals surface area (Å²) in [7, 11) is -2.19. The second-order valence-corrected chi connectivity index (χ2v) is 14.7. The largest absolute Gasteiger partial charge is 0.495 e. The number of hydrogen-bond donors (Lipinski definition) is 1. The highest BCUT2D eigenvalue weighted by Crippen LogP contribution is 2.30. The van der Waals surface area contributed by atoms with Crippen molar-refractivity contribution < 1.29 is 22.7 Å². The van der Waals surface area contributed by atoms with E-state index in [2.05, 4.69) is 21.2 Å². The summed E-state index contributed by atoms with van der Waals surface area (Å²) < 4.78 is 32.9. The molecule has 45 heavy (non-hydrogen) atoms. The Hall–Kier alpha value is -3.08. The van der Waals surface area contributed by atoms with E-state index >= 15 is 0 Å². The van der Waals surface area contributed by atoms with Gasteiger partial charge in [-0.2, -0.15) is 0 Å². The van der Waals surface area contributed by atoms with E-state index in [1.807, 2.05) is 54.6 Å². The van der Waals surface area contributed by atoms with Gasteiger partial charge in [0.1, 0.15) is 11.8 Å². The summed E-state index contributed by atoms with van der Waals surface area (Å²) in [4.78, 5) is 29.7. The standard InChI is InChI=1S/C34H41BrClN3O5S/c1-44-32-19-18-29(23-30(32)36)39(45(2,42)43)20-10-17-33(40)38(24-26-13-9-14-27(35)21-26)31(22-25-11-5-3-6-12-25)34(41)37-28-15-7-4-8-16-28/h3,5-6,9,11-14,18-19,21,23,28,31H,4,7-8,10,15-17,20,22,24H2,1-2H3,(H,37,41)/t31-/m1/s1. The van der Waals surface area contributed by atoms with Crippen LogP contribution >= 0.6 is 27.5 Å². The van der Waals surface area contributed by atoms with Crippen LogP contribution in [0.1, 0.15) is 56.1 Å². The van der Waals surface area contributed by atoms with Gasteiger partial charge in [0.15, 0.2) is 0 Å². The Labute approximate surface area is 280 Å². The Bertz CT molecular complexity index is 1550. The van der Waals surface area contributed by atoms with Crippen LogP contribution in [0.15, 0.2) is 77.3 Å². The quantitative estimate of drug-likeness (QED) is 0.199. The lowest BCUT2D eigenvalue weighted by atomic mass is 9.94. The number of rotatable bonds is 14. The van der Waals surface area contributed by atoms with Gasteiger partial charge in [0.05, 0.1) is 24.1 Å². The minimum Gasteiger partial charge on any atom is -0.495 e. The topological polar surface area (TPSA) is 96.0 Å². The molecule has 0 bridgehead atoms. The van der Waals surface area contributed by atoms with E-state index < -0.39 is 16.1 Å². The molecule has 0 aliphatic heterocycles. The highest BCUT2D eigenvalue weighted by Gasteiger charge is 2.32. The molecule has 4 rings (SSSR count). The van der Waals surface area contributed by atoms with Crippen molar-refractivity contribution in [3.63, 3.8) is 0 Å². The molecule has 1 N–H and O–H groups in total. The van der Waals surface area contributed by atoms with Gasteiger partial charge in [-0.15, -0.1) is 0 Å². The van der Waals surface area contributed by atoms with Gasteiger partial charge in [0.2, 0.25) is 21.8 Å². The van der Waals surface area contributed by atoms with E-state index in [9.17, 15) is 18.0 Å². The molecule has 3 aromatic rings. The van der Waals surface area contributed by atoms with Crippen LogP contribution in [-0.4, -0.2) is 57.1 Å². The first-order chi connectivity index (χ1) is 21.5. The number of amides is 2. The molecule has 8 nitrogen and oxygen atoms in total. The summed E-state index contributed by atoms with van der Waals surface area (Å²) in [6.07, 6.45) is 6.95. The number of carbonyl (C=O) groups is 2. The molecule has 1 fully saturated rings. The lowest BCUT2D eigenvalue weighted by Gasteiger charge is -2.34. The molecular formula is C34H41BrClN3O5S. The maximum absolute atomic E-state index is 14.1. The average Bonchev–Trinajstić information content (AvgIpc) is 3.01. The molecule has 0 heterocycles. The Morgan fingerprint density at radius 1 is 1.00 bits per heavy atom. The van der Waals surface area contributed by atoms with Crippen LogP contribution in [-0.2, 0) is 32.6 Å². The fraction of sp³-hybridized carbons (Fsp3) is 0.412. The minimum atomic E-state index is -3.67. The van der Waals surface area contributed by atoms with Crippen molar-refractivity contribution in [1.82, 2.24) is 10.2 Å². The van der Waals surface area contributed by atoms with Crippen molar-refractivity contribution >= 4 is 55.1 Å². The molecule has 11 heteroatoms. The van der Waals surface area contributed by atoms with Gasteiger partial charge in [0.25, 0.3) is 0 Å². The van der Waals surface area contributed by atoms with Crippen LogP contribution in [0.5, 0.6) is 5.75 Å². The second kappa shape index (κ2) is 16.5. The molecule has 0 spiro atoms. The molecule has 0 radical (unpaired) electrons.